The summed E-state index contributed by atoms with van der Waals surface area (Å²) in [6.07, 6.45) is 6.57. The number of hydrogen-bond acceptors (Lipinski definition) is 6. The fraction of sp³-hybridized carbons (Fsp3) is 0.333. The van der Waals surface area contributed by atoms with Gasteiger partial charge in [-0.05, 0) is 48.2 Å². The van der Waals surface area contributed by atoms with Crippen LogP contribution in [0.2, 0.25) is 0 Å². The Hall–Kier alpha value is -3.26. The van der Waals surface area contributed by atoms with Crippen molar-refractivity contribution < 1.29 is 9.84 Å². The van der Waals surface area contributed by atoms with Gasteiger partial charge in [0.25, 0.3) is 0 Å². The number of rotatable bonds is 8. The summed E-state index contributed by atoms with van der Waals surface area (Å²) in [5.74, 6) is 0.819. The molecule has 1 unspecified atom stereocenters. The van der Waals surface area contributed by atoms with E-state index >= 15 is 0 Å². The van der Waals surface area contributed by atoms with Crippen molar-refractivity contribution in [2.45, 2.75) is 25.9 Å². The molecular weight excluding hydrogens is 426 g/mol. The summed E-state index contributed by atoms with van der Waals surface area (Å²) in [7, 11) is 0. The Kier molecular flexibility index (Phi) is 6.85. The van der Waals surface area contributed by atoms with Gasteiger partial charge in [0.15, 0.2) is 0 Å². The quantitative estimate of drug-likeness (QED) is 0.417. The Balaban J connectivity index is 1.45. The topological polar surface area (TPSA) is 75.4 Å². The molecule has 1 aliphatic rings. The van der Waals surface area contributed by atoms with Crippen molar-refractivity contribution in [3.63, 3.8) is 0 Å². The van der Waals surface area contributed by atoms with Gasteiger partial charge in [0.1, 0.15) is 12.1 Å². The second kappa shape index (κ2) is 10.3. The first-order valence-corrected chi connectivity index (χ1v) is 11.9. The predicted octanol–water partition coefficient (Wildman–Crippen LogP) is 3.96. The van der Waals surface area contributed by atoms with Crippen LogP contribution < -0.4 is 5.32 Å². The third-order valence-corrected chi connectivity index (χ3v) is 6.45. The zero-order valence-electron chi connectivity index (χ0n) is 19.5. The fourth-order valence-electron chi connectivity index (χ4n) is 4.53. The predicted molar refractivity (Wildman–Crippen MR) is 134 cm³/mol. The number of ether oxygens (including phenoxy) is 1. The van der Waals surface area contributed by atoms with Gasteiger partial charge in [-0.3, -0.25) is 4.90 Å². The number of aromatic nitrogens is 3. The number of anilines is 1. The van der Waals surface area contributed by atoms with Crippen molar-refractivity contribution in [3.8, 4) is 5.69 Å². The van der Waals surface area contributed by atoms with E-state index in [0.29, 0.717) is 6.42 Å². The second-order valence-electron chi connectivity index (χ2n) is 8.78. The van der Waals surface area contributed by atoms with Crippen LogP contribution in [0.15, 0.2) is 67.3 Å². The van der Waals surface area contributed by atoms with Crippen LogP contribution in [-0.4, -0.2) is 57.5 Å². The SMILES string of the molecule is CC(Nc1ncnc2ccc(-n3cc(CCO)c(CN4CCOCC4)c3)cc12)c1ccccc1. The Morgan fingerprint density at radius 3 is 2.62 bits per heavy atom. The minimum absolute atomic E-state index is 0.116. The van der Waals surface area contributed by atoms with E-state index in [-0.39, 0.29) is 12.6 Å². The highest BCUT2D eigenvalue weighted by molar-refractivity contribution is 5.90. The van der Waals surface area contributed by atoms with E-state index in [1.54, 1.807) is 6.33 Å². The average molecular weight is 458 g/mol. The molecule has 0 radical (unpaired) electrons. The average Bonchev–Trinajstić information content (AvgIpc) is 3.27. The number of aliphatic hydroxyl groups excluding tert-OH is 1. The smallest absolute Gasteiger partial charge is 0.137 e. The Bertz CT molecular complexity index is 1230. The molecule has 1 saturated heterocycles. The van der Waals surface area contributed by atoms with Gasteiger partial charge in [-0.2, -0.15) is 0 Å². The van der Waals surface area contributed by atoms with E-state index in [1.165, 1.54) is 16.7 Å². The molecular formula is C27H31N5O2. The standard InChI is InChI=1S/C27H31N5O2/c1-20(21-5-3-2-4-6-21)30-27-25-15-24(7-8-26(25)28-19-29-27)32-17-22(9-12-33)23(18-32)16-31-10-13-34-14-11-31/h2-8,15,17-20,33H,9-14,16H2,1H3,(H,28,29,30). The molecule has 2 aromatic carbocycles. The first kappa shape index (κ1) is 22.5. The Morgan fingerprint density at radius 1 is 1.03 bits per heavy atom. The molecule has 176 valence electrons. The van der Waals surface area contributed by atoms with Crippen LogP contribution in [0.4, 0.5) is 5.82 Å². The molecule has 2 aromatic heterocycles. The number of nitrogens with one attached hydrogen (secondary N) is 1. The molecule has 0 bridgehead atoms. The van der Waals surface area contributed by atoms with Crippen LogP contribution in [0, 0.1) is 0 Å². The number of aliphatic hydroxyl groups is 1. The van der Waals surface area contributed by atoms with Gasteiger partial charge >= 0.3 is 0 Å². The van der Waals surface area contributed by atoms with E-state index < -0.39 is 0 Å². The van der Waals surface area contributed by atoms with Crippen molar-refractivity contribution in [2.24, 2.45) is 0 Å². The lowest BCUT2D eigenvalue weighted by Gasteiger charge is -2.26. The van der Waals surface area contributed by atoms with Gasteiger partial charge in [-0.1, -0.05) is 30.3 Å². The molecule has 0 amide bonds. The minimum atomic E-state index is 0.116. The molecule has 0 saturated carbocycles. The van der Waals surface area contributed by atoms with Crippen LogP contribution in [0.5, 0.6) is 0 Å². The Morgan fingerprint density at radius 2 is 1.82 bits per heavy atom. The van der Waals surface area contributed by atoms with Crippen LogP contribution >= 0.6 is 0 Å². The van der Waals surface area contributed by atoms with E-state index in [1.807, 2.05) is 24.3 Å². The molecule has 0 spiro atoms. The second-order valence-corrected chi connectivity index (χ2v) is 8.78. The number of benzene rings is 2. The van der Waals surface area contributed by atoms with Crippen molar-refractivity contribution in [1.29, 1.82) is 0 Å². The van der Waals surface area contributed by atoms with Gasteiger partial charge in [-0.15, -0.1) is 0 Å². The summed E-state index contributed by atoms with van der Waals surface area (Å²) in [4.78, 5) is 11.4. The third-order valence-electron chi connectivity index (χ3n) is 6.45. The lowest BCUT2D eigenvalue weighted by Crippen LogP contribution is -2.35. The van der Waals surface area contributed by atoms with E-state index in [4.69, 9.17) is 4.74 Å². The molecule has 2 N–H and O–H groups in total. The lowest BCUT2D eigenvalue weighted by atomic mass is 10.1. The third kappa shape index (κ3) is 4.97. The lowest BCUT2D eigenvalue weighted by molar-refractivity contribution is 0.0340. The summed E-state index contributed by atoms with van der Waals surface area (Å²) in [5.41, 5.74) is 5.58. The van der Waals surface area contributed by atoms with Gasteiger partial charge < -0.3 is 19.7 Å². The molecule has 1 aliphatic heterocycles. The van der Waals surface area contributed by atoms with Gasteiger partial charge in [0.2, 0.25) is 0 Å². The Labute approximate surface area is 200 Å². The zero-order valence-corrected chi connectivity index (χ0v) is 19.5. The maximum Gasteiger partial charge on any atom is 0.137 e. The largest absolute Gasteiger partial charge is 0.396 e. The summed E-state index contributed by atoms with van der Waals surface area (Å²) in [6.45, 7) is 6.56. The molecule has 4 aromatic rings. The van der Waals surface area contributed by atoms with Gasteiger partial charge in [0, 0.05) is 55.8 Å². The van der Waals surface area contributed by atoms with Crippen LogP contribution in [-0.2, 0) is 17.7 Å². The van der Waals surface area contributed by atoms with E-state index in [2.05, 4.69) is 68.3 Å². The molecule has 0 aliphatic carbocycles. The molecule has 7 heteroatoms. The molecule has 34 heavy (non-hydrogen) atoms. The van der Waals surface area contributed by atoms with Crippen LogP contribution in [0.1, 0.15) is 29.7 Å². The fourth-order valence-corrected chi connectivity index (χ4v) is 4.53. The first-order valence-electron chi connectivity index (χ1n) is 11.9. The zero-order chi connectivity index (χ0) is 23.3. The van der Waals surface area contributed by atoms with Crippen LogP contribution in [0.3, 0.4) is 0 Å². The number of fused-ring (bicyclic) bond motifs is 1. The summed E-state index contributed by atoms with van der Waals surface area (Å²) < 4.78 is 7.64. The van der Waals surface area contributed by atoms with Gasteiger partial charge in [-0.25, -0.2) is 9.97 Å². The molecule has 5 rings (SSSR count). The number of morpholine rings is 1. The normalized spacial score (nSPS) is 15.5. The number of hydrogen-bond donors (Lipinski definition) is 2. The molecule has 7 nitrogen and oxygen atoms in total. The van der Waals surface area contributed by atoms with Crippen molar-refractivity contribution in [3.05, 3.63) is 83.9 Å². The maximum atomic E-state index is 9.62. The molecule has 3 heterocycles. The minimum Gasteiger partial charge on any atom is -0.396 e. The van der Waals surface area contributed by atoms with Crippen molar-refractivity contribution >= 4 is 16.7 Å². The van der Waals surface area contributed by atoms with Gasteiger partial charge in [0.05, 0.1) is 18.7 Å². The maximum absolute atomic E-state index is 9.62. The highest BCUT2D eigenvalue weighted by Gasteiger charge is 2.16. The first-order chi connectivity index (χ1) is 16.7. The van der Waals surface area contributed by atoms with E-state index in [0.717, 1.165) is 55.3 Å². The van der Waals surface area contributed by atoms with Crippen molar-refractivity contribution in [1.82, 2.24) is 19.4 Å². The monoisotopic (exact) mass is 457 g/mol. The van der Waals surface area contributed by atoms with Crippen molar-refractivity contribution in [2.75, 3.05) is 38.2 Å². The number of nitrogens with zero attached hydrogens (tertiary/aromatic N) is 4. The summed E-state index contributed by atoms with van der Waals surface area (Å²) in [6, 6.07) is 16.7. The highest BCUT2D eigenvalue weighted by atomic mass is 16.5. The summed E-state index contributed by atoms with van der Waals surface area (Å²) in [5, 5.41) is 14.2. The highest BCUT2D eigenvalue weighted by Crippen LogP contribution is 2.27. The van der Waals surface area contributed by atoms with Crippen LogP contribution in [0.25, 0.3) is 16.6 Å². The van der Waals surface area contributed by atoms with E-state index in [9.17, 15) is 5.11 Å². The molecule has 1 atom stereocenters. The molecule has 1 fully saturated rings. The summed E-state index contributed by atoms with van der Waals surface area (Å²) >= 11 is 0.